The maximum absolute atomic E-state index is 13.0. The fourth-order valence-corrected chi connectivity index (χ4v) is 11.8. The van der Waals surface area contributed by atoms with Crippen LogP contribution in [0, 0.1) is 0 Å². The van der Waals surface area contributed by atoms with Crippen molar-refractivity contribution < 1.29 is 32.9 Å². The lowest BCUT2D eigenvalue weighted by atomic mass is 10.0. The fourth-order valence-electron chi connectivity index (χ4n) is 11.1. The summed E-state index contributed by atoms with van der Waals surface area (Å²) in [5.41, 5.74) is 0. The van der Waals surface area contributed by atoms with Crippen molar-refractivity contribution in [1.82, 2.24) is 5.32 Å². The van der Waals surface area contributed by atoms with Crippen LogP contribution in [0.2, 0.25) is 0 Å². The molecule has 0 rings (SSSR count). The number of aliphatic hydroxyl groups excluding tert-OH is 1. The fraction of sp³-hybridized carbons (Fsp3) is 0.878. The molecule has 0 aliphatic rings. The van der Waals surface area contributed by atoms with Crippen LogP contribution in [0.1, 0.15) is 367 Å². The number of amides is 1. The van der Waals surface area contributed by atoms with Crippen LogP contribution in [-0.4, -0.2) is 68.5 Å². The topological polar surface area (TPSA) is 108 Å². The van der Waals surface area contributed by atoms with Crippen molar-refractivity contribution in [2.24, 2.45) is 0 Å². The van der Waals surface area contributed by atoms with E-state index in [0.29, 0.717) is 17.4 Å². The molecule has 3 atom stereocenters. The zero-order valence-electron chi connectivity index (χ0n) is 56.2. The summed E-state index contributed by atoms with van der Waals surface area (Å²) in [6.07, 6.45) is 88.3. The van der Waals surface area contributed by atoms with Crippen molar-refractivity contribution in [1.29, 1.82) is 0 Å². The molecular formula is C74H143N2O6P. The Morgan fingerprint density at radius 3 is 0.976 bits per heavy atom. The van der Waals surface area contributed by atoms with Crippen LogP contribution in [0.3, 0.4) is 0 Å². The first-order valence-electron chi connectivity index (χ1n) is 36.5. The highest BCUT2D eigenvalue weighted by molar-refractivity contribution is 7.45. The van der Waals surface area contributed by atoms with E-state index < -0.39 is 26.6 Å². The maximum Gasteiger partial charge on any atom is 0.268 e. The minimum absolute atomic E-state index is 0.00809. The second-order valence-corrected chi connectivity index (χ2v) is 27.7. The summed E-state index contributed by atoms with van der Waals surface area (Å²) in [4.78, 5) is 25.6. The van der Waals surface area contributed by atoms with Gasteiger partial charge in [0.05, 0.1) is 39.9 Å². The normalized spacial score (nSPS) is 13.9. The Morgan fingerprint density at radius 2 is 0.675 bits per heavy atom. The average Bonchev–Trinajstić information content (AvgIpc) is 3.49. The maximum atomic E-state index is 13.0. The third-order valence-corrected chi connectivity index (χ3v) is 17.7. The van der Waals surface area contributed by atoms with Crippen molar-refractivity contribution in [3.63, 3.8) is 0 Å². The van der Waals surface area contributed by atoms with E-state index in [0.717, 1.165) is 44.9 Å². The van der Waals surface area contributed by atoms with Gasteiger partial charge in [-0.3, -0.25) is 9.36 Å². The first-order valence-corrected chi connectivity index (χ1v) is 38.0. The number of carbonyl (C=O) groups excluding carboxylic acids is 1. The number of hydrogen-bond donors (Lipinski definition) is 2. The van der Waals surface area contributed by atoms with Crippen LogP contribution in [-0.2, 0) is 18.4 Å². The minimum atomic E-state index is -4.62. The number of hydrogen-bond acceptors (Lipinski definition) is 6. The standard InChI is InChI=1S/C74H143N2O6P/c1-6-8-10-12-14-16-18-20-22-24-26-28-30-32-34-36-38-40-42-44-46-48-50-52-54-56-58-60-62-64-66-68-74(78)75-72(71-82-83(79,80)81-70-69-76(3,4)5)73(77)67-65-63-61-59-57-55-53-51-49-47-45-43-41-39-37-35-33-31-29-27-25-23-21-19-17-15-13-11-9-7-2/h24,26,49,51,57,59,65,67,72-73,77H,6-23,25,27-48,50,52-56,58,60-64,66,68-71H2,1-5H3,(H-,75,78,79,80)/b26-24-,51-49+,59-57+,67-65+. The number of phosphoric acid groups is 1. The molecule has 0 spiro atoms. The van der Waals surface area contributed by atoms with Crippen LogP contribution in [0.4, 0.5) is 0 Å². The van der Waals surface area contributed by atoms with Gasteiger partial charge in [-0.15, -0.1) is 0 Å². The molecule has 490 valence electrons. The lowest BCUT2D eigenvalue weighted by Gasteiger charge is -2.29. The third-order valence-electron chi connectivity index (χ3n) is 16.7. The smallest absolute Gasteiger partial charge is 0.268 e. The summed E-state index contributed by atoms with van der Waals surface area (Å²) in [5, 5.41) is 13.9. The van der Waals surface area contributed by atoms with Gasteiger partial charge in [0.15, 0.2) is 0 Å². The van der Waals surface area contributed by atoms with Crippen LogP contribution in [0.15, 0.2) is 48.6 Å². The number of quaternary nitrogens is 1. The zero-order chi connectivity index (χ0) is 60.5. The zero-order valence-corrected chi connectivity index (χ0v) is 57.1. The van der Waals surface area contributed by atoms with Gasteiger partial charge in [0, 0.05) is 6.42 Å². The highest BCUT2D eigenvalue weighted by atomic mass is 31.2. The van der Waals surface area contributed by atoms with E-state index in [-0.39, 0.29) is 12.5 Å². The van der Waals surface area contributed by atoms with Crippen LogP contribution in [0.5, 0.6) is 0 Å². The van der Waals surface area contributed by atoms with Gasteiger partial charge >= 0.3 is 0 Å². The summed E-state index contributed by atoms with van der Waals surface area (Å²) in [6, 6.07) is -0.911. The van der Waals surface area contributed by atoms with Crippen LogP contribution < -0.4 is 10.2 Å². The van der Waals surface area contributed by atoms with Crippen molar-refractivity contribution in [3.8, 4) is 0 Å². The highest BCUT2D eigenvalue weighted by Gasteiger charge is 2.23. The molecule has 2 N–H and O–H groups in total. The summed E-state index contributed by atoms with van der Waals surface area (Å²) >= 11 is 0. The van der Waals surface area contributed by atoms with Crippen molar-refractivity contribution >= 4 is 13.7 Å². The molecule has 3 unspecified atom stereocenters. The predicted molar refractivity (Wildman–Crippen MR) is 362 cm³/mol. The molecule has 0 aliphatic heterocycles. The van der Waals surface area contributed by atoms with Crippen molar-refractivity contribution in [2.45, 2.75) is 379 Å². The quantitative estimate of drug-likeness (QED) is 0.0272. The van der Waals surface area contributed by atoms with Crippen molar-refractivity contribution in [2.75, 3.05) is 40.9 Å². The number of aliphatic hydroxyl groups is 1. The second kappa shape index (κ2) is 64.9. The number of rotatable bonds is 68. The largest absolute Gasteiger partial charge is 0.756 e. The molecular weight excluding hydrogens is 1040 g/mol. The molecule has 0 aromatic rings. The molecule has 0 aromatic heterocycles. The molecule has 1 amide bonds. The summed E-state index contributed by atoms with van der Waals surface area (Å²) < 4.78 is 23.4. The molecule has 0 aliphatic carbocycles. The molecule has 0 aromatic carbocycles. The van der Waals surface area contributed by atoms with E-state index in [4.69, 9.17) is 9.05 Å². The van der Waals surface area contributed by atoms with Gasteiger partial charge in [0.25, 0.3) is 7.82 Å². The van der Waals surface area contributed by atoms with Gasteiger partial charge in [-0.25, -0.2) is 0 Å². The Labute approximate surface area is 518 Å². The first-order chi connectivity index (χ1) is 40.5. The molecule has 9 heteroatoms. The first kappa shape index (κ1) is 81.5. The predicted octanol–water partition coefficient (Wildman–Crippen LogP) is 22.8. The summed E-state index contributed by atoms with van der Waals surface area (Å²) in [6.45, 7) is 4.68. The van der Waals surface area contributed by atoms with Gasteiger partial charge in [-0.2, -0.15) is 0 Å². The Hall–Kier alpha value is -1.54. The SMILES string of the molecule is CCCCCCCCCC/C=C\CCCCCCCCCCCCCCCCCCCCCC(=O)NC(COP(=O)([O-])OCC[N+](C)(C)C)C(O)/C=C/CC/C=C/CC/C=C/CCCCCCCCCCCCCCCCCCCCCC. The highest BCUT2D eigenvalue weighted by Crippen LogP contribution is 2.38. The van der Waals surface area contributed by atoms with Gasteiger partial charge in [-0.1, -0.05) is 339 Å². The van der Waals surface area contributed by atoms with Gasteiger partial charge < -0.3 is 28.8 Å². The van der Waals surface area contributed by atoms with Crippen LogP contribution >= 0.6 is 7.82 Å². The Bertz CT molecular complexity index is 1490. The van der Waals surface area contributed by atoms with E-state index in [1.807, 2.05) is 27.2 Å². The molecule has 0 radical (unpaired) electrons. The molecule has 83 heavy (non-hydrogen) atoms. The van der Waals surface area contributed by atoms with E-state index in [2.05, 4.69) is 55.6 Å². The Morgan fingerprint density at radius 1 is 0.410 bits per heavy atom. The van der Waals surface area contributed by atoms with E-state index in [1.165, 1.54) is 302 Å². The van der Waals surface area contributed by atoms with E-state index in [9.17, 15) is 19.4 Å². The number of unbranched alkanes of at least 4 members (excludes halogenated alkanes) is 49. The van der Waals surface area contributed by atoms with Crippen molar-refractivity contribution in [3.05, 3.63) is 48.6 Å². The molecule has 0 saturated carbocycles. The number of likely N-dealkylation sites (N-methyl/N-ethyl adjacent to an activating group) is 1. The second-order valence-electron chi connectivity index (χ2n) is 26.3. The molecule has 0 fully saturated rings. The third kappa shape index (κ3) is 67.8. The summed E-state index contributed by atoms with van der Waals surface area (Å²) in [5.74, 6) is -0.205. The molecule has 0 heterocycles. The number of allylic oxidation sites excluding steroid dienone is 7. The number of nitrogens with one attached hydrogen (secondary N) is 1. The molecule has 0 saturated heterocycles. The van der Waals surface area contributed by atoms with Gasteiger partial charge in [0.1, 0.15) is 13.2 Å². The number of carbonyl (C=O) groups is 1. The Kier molecular flexibility index (Phi) is 63.7. The number of nitrogens with zero attached hydrogens (tertiary/aromatic N) is 1. The van der Waals surface area contributed by atoms with Gasteiger partial charge in [0.2, 0.25) is 5.91 Å². The average molecular weight is 1190 g/mol. The number of phosphoric ester groups is 1. The van der Waals surface area contributed by atoms with E-state index in [1.54, 1.807) is 6.08 Å². The monoisotopic (exact) mass is 1190 g/mol. The molecule has 8 nitrogen and oxygen atoms in total. The van der Waals surface area contributed by atoms with E-state index >= 15 is 0 Å². The Balaban J connectivity index is 4.08. The lowest BCUT2D eigenvalue weighted by molar-refractivity contribution is -0.870. The minimum Gasteiger partial charge on any atom is -0.756 e. The van der Waals surface area contributed by atoms with Crippen LogP contribution in [0.25, 0.3) is 0 Å². The van der Waals surface area contributed by atoms with Gasteiger partial charge in [-0.05, 0) is 70.6 Å². The lowest BCUT2D eigenvalue weighted by Crippen LogP contribution is -2.45. The summed E-state index contributed by atoms with van der Waals surface area (Å²) in [7, 11) is 1.25. The molecule has 0 bridgehead atoms.